The molecule has 0 fully saturated rings. The maximum atomic E-state index is 12.7. The van der Waals surface area contributed by atoms with E-state index in [0.717, 1.165) is 6.07 Å². The highest BCUT2D eigenvalue weighted by Crippen LogP contribution is 2.44. The number of aliphatic hydroxyl groups is 1. The summed E-state index contributed by atoms with van der Waals surface area (Å²) in [5.74, 6) is -4.33. The number of benzene rings is 2. The van der Waals surface area contributed by atoms with Crippen LogP contribution < -0.4 is 0 Å². The molecule has 1 aliphatic rings. The van der Waals surface area contributed by atoms with Gasteiger partial charge in [-0.15, -0.1) is 0 Å². The van der Waals surface area contributed by atoms with Crippen molar-refractivity contribution >= 4 is 11.6 Å². The first kappa shape index (κ1) is 15.8. The average molecular weight is 330 g/mol. The molecular weight excluding hydrogens is 316 g/mol. The summed E-state index contributed by atoms with van der Waals surface area (Å²) in [6.07, 6.45) is -0.586. The third kappa shape index (κ3) is 2.17. The summed E-state index contributed by atoms with van der Waals surface area (Å²) in [6, 6.07) is 3.35. The largest absolute Gasteiger partial charge is 0.507 e. The zero-order valence-electron chi connectivity index (χ0n) is 12.6. The van der Waals surface area contributed by atoms with Crippen LogP contribution in [0.15, 0.2) is 18.2 Å². The summed E-state index contributed by atoms with van der Waals surface area (Å²) in [7, 11) is 0. The molecule has 3 rings (SSSR count). The molecule has 0 amide bonds. The Hall–Kier alpha value is -3.06. The number of rotatable bonds is 2. The highest BCUT2D eigenvalue weighted by molar-refractivity contribution is 6.31. The minimum atomic E-state index is -0.839. The second kappa shape index (κ2) is 5.24. The number of hydrogen-bond acceptors (Lipinski definition) is 7. The summed E-state index contributed by atoms with van der Waals surface area (Å²) < 4.78 is 0. The van der Waals surface area contributed by atoms with Gasteiger partial charge in [0.2, 0.25) is 5.78 Å². The van der Waals surface area contributed by atoms with Crippen LogP contribution in [0.25, 0.3) is 0 Å². The summed E-state index contributed by atoms with van der Waals surface area (Å²) in [5, 5.41) is 49.0. The zero-order valence-corrected chi connectivity index (χ0v) is 12.6. The molecule has 7 nitrogen and oxygen atoms in total. The smallest absolute Gasteiger partial charge is 0.202 e. The fraction of sp³-hybridized carbons (Fsp3) is 0.176. The van der Waals surface area contributed by atoms with Crippen molar-refractivity contribution in [1.82, 2.24) is 0 Å². The lowest BCUT2D eigenvalue weighted by atomic mass is 9.81. The second-order valence-corrected chi connectivity index (χ2v) is 5.76. The molecule has 0 radical (unpaired) electrons. The predicted molar refractivity (Wildman–Crippen MR) is 81.8 cm³/mol. The van der Waals surface area contributed by atoms with Crippen LogP contribution in [0.5, 0.6) is 23.0 Å². The van der Waals surface area contributed by atoms with Gasteiger partial charge in [-0.1, -0.05) is 0 Å². The van der Waals surface area contributed by atoms with Crippen molar-refractivity contribution in [2.75, 3.05) is 0 Å². The Morgan fingerprint density at radius 2 is 1.46 bits per heavy atom. The molecule has 1 unspecified atom stereocenters. The van der Waals surface area contributed by atoms with Crippen molar-refractivity contribution in [3.8, 4) is 23.0 Å². The van der Waals surface area contributed by atoms with E-state index >= 15 is 0 Å². The Kier molecular flexibility index (Phi) is 3.46. The lowest BCUT2D eigenvalue weighted by Crippen LogP contribution is -2.22. The van der Waals surface area contributed by atoms with Gasteiger partial charge in [0.15, 0.2) is 17.3 Å². The molecular formula is C17H14O7. The van der Waals surface area contributed by atoms with Gasteiger partial charge >= 0.3 is 0 Å². The first-order chi connectivity index (χ1) is 11.2. The number of aromatic hydroxyl groups is 4. The van der Waals surface area contributed by atoms with Gasteiger partial charge in [-0.3, -0.25) is 9.59 Å². The van der Waals surface area contributed by atoms with E-state index < -0.39 is 51.8 Å². The van der Waals surface area contributed by atoms with E-state index in [1.165, 1.54) is 19.1 Å². The molecule has 1 aliphatic carbocycles. The Balaban J connectivity index is 2.30. The molecule has 0 aromatic heterocycles. The maximum Gasteiger partial charge on any atom is 0.202 e. The van der Waals surface area contributed by atoms with Gasteiger partial charge in [0.25, 0.3) is 0 Å². The van der Waals surface area contributed by atoms with Crippen LogP contribution in [0.2, 0.25) is 0 Å². The minimum Gasteiger partial charge on any atom is -0.507 e. The standard InChI is InChI=1S/C17H14O7/c1-6(18)2-7-3-8-12(9(19)4-7)17(24)13-10(20)5-11(21)16(23)14(13)15(8)22/h3-6,18-21,23H,2H2,1H3. The summed E-state index contributed by atoms with van der Waals surface area (Å²) >= 11 is 0. The first-order valence-electron chi connectivity index (χ1n) is 7.13. The molecule has 24 heavy (non-hydrogen) atoms. The van der Waals surface area contributed by atoms with Crippen LogP contribution in [0.1, 0.15) is 44.3 Å². The Bertz CT molecular complexity index is 897. The van der Waals surface area contributed by atoms with Crippen molar-refractivity contribution in [3.05, 3.63) is 46.0 Å². The summed E-state index contributed by atoms with van der Waals surface area (Å²) in [6.45, 7) is 1.53. The molecule has 124 valence electrons. The van der Waals surface area contributed by atoms with Gasteiger partial charge in [-0.2, -0.15) is 0 Å². The number of fused-ring (bicyclic) bond motifs is 2. The van der Waals surface area contributed by atoms with Gasteiger partial charge in [0, 0.05) is 11.6 Å². The quantitative estimate of drug-likeness (QED) is 0.352. The predicted octanol–water partition coefficient (Wildman–Crippen LogP) is 1.21. The van der Waals surface area contributed by atoms with Crippen molar-refractivity contribution in [1.29, 1.82) is 0 Å². The lowest BCUT2D eigenvalue weighted by Gasteiger charge is -2.21. The molecule has 2 aromatic carbocycles. The van der Waals surface area contributed by atoms with Crippen LogP contribution in [-0.4, -0.2) is 43.2 Å². The van der Waals surface area contributed by atoms with Crippen LogP contribution in [0.4, 0.5) is 0 Å². The number of ketones is 2. The van der Waals surface area contributed by atoms with Gasteiger partial charge in [0.1, 0.15) is 11.5 Å². The molecule has 0 saturated heterocycles. The monoisotopic (exact) mass is 330 g/mol. The van der Waals surface area contributed by atoms with E-state index in [0.29, 0.717) is 5.56 Å². The molecule has 2 aromatic rings. The Morgan fingerprint density at radius 3 is 2.08 bits per heavy atom. The molecule has 0 heterocycles. The van der Waals surface area contributed by atoms with Crippen molar-refractivity contribution in [2.24, 2.45) is 0 Å². The molecule has 7 heteroatoms. The van der Waals surface area contributed by atoms with E-state index in [-0.39, 0.29) is 17.5 Å². The molecule has 0 saturated carbocycles. The third-order valence-electron chi connectivity index (χ3n) is 3.89. The normalized spacial score (nSPS) is 14.2. The molecule has 1 atom stereocenters. The molecule has 0 aliphatic heterocycles. The molecule has 0 spiro atoms. The Morgan fingerprint density at radius 1 is 0.833 bits per heavy atom. The SMILES string of the molecule is CC(O)Cc1cc(O)c2c(c1)C(=O)c1c(O)c(O)cc(O)c1C2=O. The number of carbonyl (C=O) groups is 2. The number of carbonyl (C=O) groups excluding carboxylic acids is 2. The van der Waals surface area contributed by atoms with Gasteiger partial charge in [-0.05, 0) is 31.0 Å². The fourth-order valence-electron chi connectivity index (χ4n) is 2.92. The topological polar surface area (TPSA) is 135 Å². The van der Waals surface area contributed by atoms with Crippen molar-refractivity contribution < 1.29 is 35.1 Å². The number of hydrogen-bond donors (Lipinski definition) is 5. The summed E-state index contributed by atoms with van der Waals surface area (Å²) in [5.41, 5.74) is -1.01. The first-order valence-corrected chi connectivity index (χ1v) is 7.13. The van der Waals surface area contributed by atoms with Crippen molar-refractivity contribution in [3.63, 3.8) is 0 Å². The average Bonchev–Trinajstić information content (AvgIpc) is 2.47. The van der Waals surface area contributed by atoms with Crippen LogP contribution in [-0.2, 0) is 6.42 Å². The van der Waals surface area contributed by atoms with Gasteiger partial charge < -0.3 is 25.5 Å². The molecule has 0 bridgehead atoms. The van der Waals surface area contributed by atoms with Crippen LogP contribution in [0.3, 0.4) is 0 Å². The van der Waals surface area contributed by atoms with Gasteiger partial charge in [-0.25, -0.2) is 0 Å². The van der Waals surface area contributed by atoms with Gasteiger partial charge in [0.05, 0.1) is 22.8 Å². The van der Waals surface area contributed by atoms with E-state index in [2.05, 4.69) is 0 Å². The summed E-state index contributed by atoms with van der Waals surface area (Å²) in [4.78, 5) is 25.2. The number of phenols is 4. The lowest BCUT2D eigenvalue weighted by molar-refractivity contribution is 0.0971. The van der Waals surface area contributed by atoms with Crippen LogP contribution >= 0.6 is 0 Å². The van der Waals surface area contributed by atoms with E-state index in [1.807, 2.05) is 0 Å². The number of aliphatic hydroxyl groups excluding tert-OH is 1. The fourth-order valence-corrected chi connectivity index (χ4v) is 2.92. The van der Waals surface area contributed by atoms with Crippen LogP contribution in [0, 0.1) is 0 Å². The highest BCUT2D eigenvalue weighted by Gasteiger charge is 2.37. The van der Waals surface area contributed by atoms with E-state index in [9.17, 15) is 35.1 Å². The number of phenolic OH excluding ortho intramolecular Hbond substituents is 4. The third-order valence-corrected chi connectivity index (χ3v) is 3.89. The minimum absolute atomic E-state index is 0.145. The molecule has 5 N–H and O–H groups in total. The maximum absolute atomic E-state index is 12.7. The zero-order chi connectivity index (χ0) is 17.8. The van der Waals surface area contributed by atoms with E-state index in [4.69, 9.17) is 0 Å². The van der Waals surface area contributed by atoms with Crippen molar-refractivity contribution in [2.45, 2.75) is 19.4 Å². The van der Waals surface area contributed by atoms with E-state index in [1.54, 1.807) is 0 Å². The second-order valence-electron chi connectivity index (χ2n) is 5.76. The Labute approximate surface area is 136 Å². The highest BCUT2D eigenvalue weighted by atomic mass is 16.3.